The zero-order valence-corrected chi connectivity index (χ0v) is 11.9. The lowest BCUT2D eigenvalue weighted by Crippen LogP contribution is -2.08. The van der Waals surface area contributed by atoms with Gasteiger partial charge in [-0.25, -0.2) is 4.98 Å². The standard InChI is InChI=1S/C14H16BrNO/c1-9(2)17-14-13-10(3)5-4-6-11(13)7-12(8-15)16-14/h4-7,9H,8H2,1-3H3. The average Bonchev–Trinajstić information content (AvgIpc) is 2.27. The zero-order chi connectivity index (χ0) is 12.4. The summed E-state index contributed by atoms with van der Waals surface area (Å²) in [4.78, 5) is 4.55. The minimum Gasteiger partial charge on any atom is -0.474 e. The summed E-state index contributed by atoms with van der Waals surface area (Å²) in [5.41, 5.74) is 2.20. The first-order valence-electron chi connectivity index (χ1n) is 5.73. The van der Waals surface area contributed by atoms with Crippen molar-refractivity contribution in [3.63, 3.8) is 0 Å². The van der Waals surface area contributed by atoms with Crippen molar-refractivity contribution in [2.75, 3.05) is 0 Å². The average molecular weight is 294 g/mol. The van der Waals surface area contributed by atoms with Gasteiger partial charge in [0.1, 0.15) is 0 Å². The van der Waals surface area contributed by atoms with Crippen molar-refractivity contribution in [3.8, 4) is 5.88 Å². The maximum Gasteiger partial charge on any atom is 0.222 e. The van der Waals surface area contributed by atoms with Crippen molar-refractivity contribution < 1.29 is 4.74 Å². The minimum absolute atomic E-state index is 0.135. The molecule has 2 nitrogen and oxygen atoms in total. The smallest absolute Gasteiger partial charge is 0.222 e. The molecule has 2 rings (SSSR count). The Balaban J connectivity index is 2.68. The van der Waals surface area contributed by atoms with E-state index < -0.39 is 0 Å². The first kappa shape index (κ1) is 12.4. The highest BCUT2D eigenvalue weighted by atomic mass is 79.9. The topological polar surface area (TPSA) is 22.1 Å². The van der Waals surface area contributed by atoms with E-state index in [0.717, 1.165) is 22.3 Å². The zero-order valence-electron chi connectivity index (χ0n) is 10.3. The number of ether oxygens (including phenoxy) is 1. The molecule has 0 bridgehead atoms. The molecule has 0 amide bonds. The molecule has 0 aliphatic heterocycles. The van der Waals surface area contributed by atoms with E-state index in [-0.39, 0.29) is 6.10 Å². The molecule has 90 valence electrons. The summed E-state index contributed by atoms with van der Waals surface area (Å²) in [5.74, 6) is 0.741. The van der Waals surface area contributed by atoms with Crippen LogP contribution in [0.15, 0.2) is 24.3 Å². The molecule has 0 aliphatic rings. The molecular formula is C14H16BrNO. The quantitative estimate of drug-likeness (QED) is 0.790. The number of hydrogen-bond donors (Lipinski definition) is 0. The summed E-state index contributed by atoms with van der Waals surface area (Å²) >= 11 is 3.44. The fourth-order valence-corrected chi connectivity index (χ4v) is 2.17. The van der Waals surface area contributed by atoms with E-state index in [0.29, 0.717) is 0 Å². The van der Waals surface area contributed by atoms with Crippen molar-refractivity contribution in [3.05, 3.63) is 35.5 Å². The lowest BCUT2D eigenvalue weighted by Gasteiger charge is -2.14. The van der Waals surface area contributed by atoms with E-state index >= 15 is 0 Å². The second-order valence-electron chi connectivity index (χ2n) is 4.39. The predicted molar refractivity (Wildman–Crippen MR) is 74.9 cm³/mol. The van der Waals surface area contributed by atoms with Crippen molar-refractivity contribution >= 4 is 26.7 Å². The minimum atomic E-state index is 0.135. The number of benzene rings is 1. The molecule has 2 aromatic rings. The Kier molecular flexibility index (Phi) is 3.67. The Bertz CT molecular complexity index is 537. The second kappa shape index (κ2) is 5.05. The third-order valence-corrected chi connectivity index (χ3v) is 3.14. The highest BCUT2D eigenvalue weighted by Gasteiger charge is 2.10. The SMILES string of the molecule is Cc1cccc2cc(CBr)nc(OC(C)C)c12. The summed E-state index contributed by atoms with van der Waals surface area (Å²) in [6, 6.07) is 8.35. The number of halogens is 1. The molecule has 0 radical (unpaired) electrons. The molecule has 0 atom stereocenters. The summed E-state index contributed by atoms with van der Waals surface area (Å²) in [6.07, 6.45) is 0.135. The molecule has 0 unspecified atom stereocenters. The van der Waals surface area contributed by atoms with Gasteiger partial charge in [-0.15, -0.1) is 0 Å². The Labute approximate surface area is 110 Å². The number of alkyl halides is 1. The summed E-state index contributed by atoms with van der Waals surface area (Å²) < 4.78 is 5.82. The summed E-state index contributed by atoms with van der Waals surface area (Å²) in [7, 11) is 0. The number of pyridine rings is 1. The van der Waals surface area contributed by atoms with E-state index in [1.165, 1.54) is 10.9 Å². The number of aryl methyl sites for hydroxylation is 1. The lowest BCUT2D eigenvalue weighted by atomic mass is 10.1. The van der Waals surface area contributed by atoms with Crippen LogP contribution in [0.4, 0.5) is 0 Å². The molecule has 1 aromatic heterocycles. The van der Waals surface area contributed by atoms with Crippen LogP contribution in [0.5, 0.6) is 5.88 Å². The van der Waals surface area contributed by atoms with E-state index in [2.05, 4.69) is 52.1 Å². The van der Waals surface area contributed by atoms with Crippen molar-refractivity contribution in [1.29, 1.82) is 0 Å². The van der Waals surface area contributed by atoms with Crippen LogP contribution in [0.25, 0.3) is 10.8 Å². The Morgan fingerprint density at radius 1 is 1.35 bits per heavy atom. The molecule has 1 heterocycles. The number of aromatic nitrogens is 1. The Hall–Kier alpha value is -1.09. The van der Waals surface area contributed by atoms with Gasteiger partial charge in [-0.2, -0.15) is 0 Å². The van der Waals surface area contributed by atoms with Crippen LogP contribution in [0.3, 0.4) is 0 Å². The third-order valence-electron chi connectivity index (χ3n) is 2.57. The van der Waals surface area contributed by atoms with Gasteiger partial charge in [-0.3, -0.25) is 0 Å². The van der Waals surface area contributed by atoms with E-state index in [1.54, 1.807) is 0 Å². The fraction of sp³-hybridized carbons (Fsp3) is 0.357. The van der Waals surface area contributed by atoms with Crippen molar-refractivity contribution in [2.24, 2.45) is 0 Å². The van der Waals surface area contributed by atoms with Gasteiger partial charge in [0.25, 0.3) is 0 Å². The monoisotopic (exact) mass is 293 g/mol. The Morgan fingerprint density at radius 2 is 2.12 bits per heavy atom. The van der Waals surface area contributed by atoms with Gasteiger partial charge in [-0.1, -0.05) is 34.1 Å². The molecule has 0 spiro atoms. The highest BCUT2D eigenvalue weighted by molar-refractivity contribution is 9.08. The van der Waals surface area contributed by atoms with Crippen LogP contribution in [0.1, 0.15) is 25.1 Å². The maximum atomic E-state index is 5.82. The Morgan fingerprint density at radius 3 is 2.76 bits per heavy atom. The predicted octanol–water partition coefficient (Wildman–Crippen LogP) is 4.23. The van der Waals surface area contributed by atoms with Gasteiger partial charge < -0.3 is 4.74 Å². The molecule has 17 heavy (non-hydrogen) atoms. The van der Waals surface area contributed by atoms with Gasteiger partial charge in [0.15, 0.2) is 0 Å². The van der Waals surface area contributed by atoms with Crippen LogP contribution in [-0.2, 0) is 5.33 Å². The number of fused-ring (bicyclic) bond motifs is 1. The van der Waals surface area contributed by atoms with Gasteiger partial charge in [0.05, 0.1) is 11.8 Å². The van der Waals surface area contributed by atoms with Gasteiger partial charge in [-0.05, 0) is 37.8 Å². The summed E-state index contributed by atoms with van der Waals surface area (Å²) in [5, 5.41) is 3.04. The van der Waals surface area contributed by atoms with Gasteiger partial charge in [0, 0.05) is 10.7 Å². The molecule has 0 saturated heterocycles. The molecule has 3 heteroatoms. The second-order valence-corrected chi connectivity index (χ2v) is 4.95. The normalized spacial score (nSPS) is 11.1. The van der Waals surface area contributed by atoms with Gasteiger partial charge in [0.2, 0.25) is 5.88 Å². The third kappa shape index (κ3) is 2.60. The molecule has 0 aliphatic carbocycles. The van der Waals surface area contributed by atoms with E-state index in [4.69, 9.17) is 4.74 Å². The molecule has 0 fully saturated rings. The van der Waals surface area contributed by atoms with Crippen molar-refractivity contribution in [1.82, 2.24) is 4.98 Å². The summed E-state index contributed by atoms with van der Waals surface area (Å²) in [6.45, 7) is 6.13. The first-order chi connectivity index (χ1) is 8.11. The first-order valence-corrected chi connectivity index (χ1v) is 6.86. The van der Waals surface area contributed by atoms with E-state index in [1.807, 2.05) is 13.8 Å². The molecule has 0 N–H and O–H groups in total. The number of rotatable bonds is 3. The highest BCUT2D eigenvalue weighted by Crippen LogP contribution is 2.29. The molecular weight excluding hydrogens is 278 g/mol. The lowest BCUT2D eigenvalue weighted by molar-refractivity contribution is 0.235. The largest absolute Gasteiger partial charge is 0.474 e. The van der Waals surface area contributed by atoms with Gasteiger partial charge >= 0.3 is 0 Å². The van der Waals surface area contributed by atoms with E-state index in [9.17, 15) is 0 Å². The van der Waals surface area contributed by atoms with Crippen LogP contribution in [-0.4, -0.2) is 11.1 Å². The van der Waals surface area contributed by atoms with Crippen LogP contribution < -0.4 is 4.74 Å². The van der Waals surface area contributed by atoms with Crippen molar-refractivity contribution in [2.45, 2.75) is 32.2 Å². The fourth-order valence-electron chi connectivity index (χ4n) is 1.88. The van der Waals surface area contributed by atoms with Crippen LogP contribution in [0.2, 0.25) is 0 Å². The molecule has 1 aromatic carbocycles. The maximum absolute atomic E-state index is 5.82. The number of hydrogen-bond acceptors (Lipinski definition) is 2. The van der Waals surface area contributed by atoms with Crippen LogP contribution >= 0.6 is 15.9 Å². The van der Waals surface area contributed by atoms with Crippen LogP contribution in [0, 0.1) is 6.92 Å². The number of nitrogens with zero attached hydrogens (tertiary/aromatic N) is 1. The molecule has 0 saturated carbocycles.